The summed E-state index contributed by atoms with van der Waals surface area (Å²) in [6.07, 6.45) is 1.36. The Balaban J connectivity index is 1.96. The van der Waals surface area contributed by atoms with Crippen LogP contribution in [0.15, 0.2) is 72.8 Å². The number of benzene rings is 3. The Morgan fingerprint density at radius 1 is 0.882 bits per heavy atom. The van der Waals surface area contributed by atoms with Gasteiger partial charge in [0.1, 0.15) is 6.04 Å². The summed E-state index contributed by atoms with van der Waals surface area (Å²) in [4.78, 5) is 28.7. The average molecular weight is 497 g/mol. The molecule has 1 N–H and O–H groups in total. The van der Waals surface area contributed by atoms with Crippen molar-refractivity contribution in [3.05, 3.63) is 105 Å². The number of hydrogen-bond donors (Lipinski definition) is 1. The van der Waals surface area contributed by atoms with Gasteiger partial charge in [-0.1, -0.05) is 96.4 Å². The van der Waals surface area contributed by atoms with Crippen molar-refractivity contribution >= 4 is 35.0 Å². The number of hydrogen-bond acceptors (Lipinski definition) is 2. The zero-order valence-corrected chi connectivity index (χ0v) is 21.1. The van der Waals surface area contributed by atoms with Crippen molar-refractivity contribution in [3.8, 4) is 0 Å². The SMILES string of the molecule is CCCNC(=O)[C@@H](Cc1ccccc1)N(Cc1cccc(C)c1)C(=O)Cc1ccc(Cl)c(Cl)c1. The highest BCUT2D eigenvalue weighted by Crippen LogP contribution is 2.24. The summed E-state index contributed by atoms with van der Waals surface area (Å²) in [6, 6.07) is 22.3. The zero-order chi connectivity index (χ0) is 24.5. The van der Waals surface area contributed by atoms with E-state index in [1.165, 1.54) is 0 Å². The number of amides is 2. The molecule has 0 fully saturated rings. The van der Waals surface area contributed by atoms with Crippen molar-refractivity contribution in [1.82, 2.24) is 10.2 Å². The van der Waals surface area contributed by atoms with Crippen LogP contribution in [0.5, 0.6) is 0 Å². The Kier molecular flexibility index (Phi) is 9.55. The van der Waals surface area contributed by atoms with Crippen molar-refractivity contribution in [2.75, 3.05) is 6.54 Å². The fourth-order valence-electron chi connectivity index (χ4n) is 3.85. The van der Waals surface area contributed by atoms with Crippen LogP contribution in [0.3, 0.4) is 0 Å². The first-order valence-electron chi connectivity index (χ1n) is 11.5. The molecule has 178 valence electrons. The summed E-state index contributed by atoms with van der Waals surface area (Å²) in [5, 5.41) is 3.84. The fraction of sp³-hybridized carbons (Fsp3) is 0.286. The maximum Gasteiger partial charge on any atom is 0.243 e. The highest BCUT2D eigenvalue weighted by atomic mass is 35.5. The third kappa shape index (κ3) is 7.34. The third-order valence-electron chi connectivity index (χ3n) is 5.60. The van der Waals surface area contributed by atoms with E-state index in [4.69, 9.17) is 23.2 Å². The van der Waals surface area contributed by atoms with E-state index >= 15 is 0 Å². The van der Waals surface area contributed by atoms with Crippen LogP contribution in [0.4, 0.5) is 0 Å². The molecule has 0 aromatic heterocycles. The van der Waals surface area contributed by atoms with Crippen LogP contribution in [-0.2, 0) is 29.0 Å². The molecule has 0 saturated heterocycles. The first kappa shape index (κ1) is 25.8. The maximum absolute atomic E-state index is 13.7. The molecule has 0 heterocycles. The Hall–Kier alpha value is -2.82. The average Bonchev–Trinajstić information content (AvgIpc) is 2.82. The van der Waals surface area contributed by atoms with Crippen LogP contribution >= 0.6 is 23.2 Å². The van der Waals surface area contributed by atoms with E-state index in [0.717, 1.165) is 28.7 Å². The van der Waals surface area contributed by atoms with Crippen LogP contribution in [-0.4, -0.2) is 29.3 Å². The Morgan fingerprint density at radius 3 is 2.29 bits per heavy atom. The smallest absolute Gasteiger partial charge is 0.243 e. The number of carbonyl (C=O) groups excluding carboxylic acids is 2. The van der Waals surface area contributed by atoms with Crippen LogP contribution in [0.25, 0.3) is 0 Å². The number of nitrogens with one attached hydrogen (secondary N) is 1. The lowest BCUT2D eigenvalue weighted by Crippen LogP contribution is -2.51. The molecule has 0 bridgehead atoms. The van der Waals surface area contributed by atoms with Gasteiger partial charge >= 0.3 is 0 Å². The van der Waals surface area contributed by atoms with Gasteiger partial charge in [0, 0.05) is 19.5 Å². The molecule has 3 rings (SSSR count). The van der Waals surface area contributed by atoms with E-state index in [1.54, 1.807) is 23.1 Å². The highest BCUT2D eigenvalue weighted by Gasteiger charge is 2.30. The van der Waals surface area contributed by atoms with Gasteiger partial charge in [-0.3, -0.25) is 9.59 Å². The molecular weight excluding hydrogens is 467 g/mol. The second-order valence-corrected chi connectivity index (χ2v) is 9.25. The minimum atomic E-state index is -0.648. The molecule has 0 saturated carbocycles. The molecule has 0 spiro atoms. The van der Waals surface area contributed by atoms with Crippen LogP contribution < -0.4 is 5.32 Å². The molecule has 0 aliphatic carbocycles. The molecule has 4 nitrogen and oxygen atoms in total. The summed E-state index contributed by atoms with van der Waals surface area (Å²) in [5.41, 5.74) is 3.82. The highest BCUT2D eigenvalue weighted by molar-refractivity contribution is 6.42. The number of halogens is 2. The second-order valence-electron chi connectivity index (χ2n) is 8.43. The van der Waals surface area contributed by atoms with Crippen molar-refractivity contribution in [2.24, 2.45) is 0 Å². The second kappa shape index (κ2) is 12.6. The standard InChI is InChI=1S/C28H30Cl2N2O2/c1-3-14-31-28(34)26(17-21-9-5-4-6-10-21)32(19-23-11-7-8-20(2)15-23)27(33)18-22-12-13-24(29)25(30)16-22/h4-13,15-16,26H,3,14,17-19H2,1-2H3,(H,31,34)/t26-/m1/s1. The Bertz CT molecular complexity index is 1120. The largest absolute Gasteiger partial charge is 0.354 e. The predicted molar refractivity (Wildman–Crippen MR) is 139 cm³/mol. The van der Waals surface area contributed by atoms with Gasteiger partial charge in [0.15, 0.2) is 0 Å². The lowest BCUT2D eigenvalue weighted by molar-refractivity contribution is -0.140. The Morgan fingerprint density at radius 2 is 1.62 bits per heavy atom. The van der Waals surface area contributed by atoms with Crippen LogP contribution in [0, 0.1) is 6.92 Å². The van der Waals surface area contributed by atoms with Gasteiger partial charge in [-0.25, -0.2) is 0 Å². The number of aryl methyl sites for hydroxylation is 1. The molecule has 1 atom stereocenters. The molecular formula is C28H30Cl2N2O2. The topological polar surface area (TPSA) is 49.4 Å². The van der Waals surface area contributed by atoms with Crippen molar-refractivity contribution in [2.45, 2.75) is 45.7 Å². The van der Waals surface area contributed by atoms with Gasteiger partial charge in [0.25, 0.3) is 0 Å². The number of nitrogens with zero attached hydrogens (tertiary/aromatic N) is 1. The molecule has 0 aliphatic heterocycles. The number of carbonyl (C=O) groups is 2. The minimum absolute atomic E-state index is 0.120. The van der Waals surface area contributed by atoms with Gasteiger partial charge in [-0.05, 0) is 42.2 Å². The third-order valence-corrected chi connectivity index (χ3v) is 6.33. The van der Waals surface area contributed by atoms with E-state index in [0.29, 0.717) is 29.6 Å². The van der Waals surface area contributed by atoms with Gasteiger partial charge in [0.2, 0.25) is 11.8 Å². The molecule has 3 aromatic rings. The number of rotatable bonds is 10. The fourth-order valence-corrected chi connectivity index (χ4v) is 4.17. The van der Waals surface area contributed by atoms with Crippen LogP contribution in [0.2, 0.25) is 10.0 Å². The van der Waals surface area contributed by atoms with Gasteiger partial charge < -0.3 is 10.2 Å². The molecule has 0 radical (unpaired) electrons. The van der Waals surface area contributed by atoms with Crippen molar-refractivity contribution in [3.63, 3.8) is 0 Å². The normalized spacial score (nSPS) is 11.6. The van der Waals surface area contributed by atoms with Gasteiger partial charge in [-0.2, -0.15) is 0 Å². The van der Waals surface area contributed by atoms with E-state index in [-0.39, 0.29) is 18.2 Å². The van der Waals surface area contributed by atoms with Gasteiger partial charge in [0.05, 0.1) is 16.5 Å². The van der Waals surface area contributed by atoms with E-state index in [2.05, 4.69) is 5.32 Å². The quantitative estimate of drug-likeness (QED) is 0.373. The monoisotopic (exact) mass is 496 g/mol. The minimum Gasteiger partial charge on any atom is -0.354 e. The Labute approximate surface area is 211 Å². The molecule has 6 heteroatoms. The van der Waals surface area contributed by atoms with Crippen molar-refractivity contribution < 1.29 is 9.59 Å². The zero-order valence-electron chi connectivity index (χ0n) is 19.6. The van der Waals surface area contributed by atoms with Crippen molar-refractivity contribution in [1.29, 1.82) is 0 Å². The molecule has 34 heavy (non-hydrogen) atoms. The first-order valence-corrected chi connectivity index (χ1v) is 12.2. The summed E-state index contributed by atoms with van der Waals surface area (Å²) >= 11 is 12.2. The summed E-state index contributed by atoms with van der Waals surface area (Å²) < 4.78 is 0. The van der Waals surface area contributed by atoms with Gasteiger partial charge in [-0.15, -0.1) is 0 Å². The predicted octanol–water partition coefficient (Wildman–Crippen LogP) is 6.01. The lowest BCUT2D eigenvalue weighted by atomic mass is 10.0. The summed E-state index contributed by atoms with van der Waals surface area (Å²) in [7, 11) is 0. The maximum atomic E-state index is 13.7. The summed E-state index contributed by atoms with van der Waals surface area (Å²) in [6.45, 7) is 4.91. The van der Waals surface area contributed by atoms with E-state index in [1.807, 2.05) is 68.4 Å². The van der Waals surface area contributed by atoms with E-state index < -0.39 is 6.04 Å². The summed E-state index contributed by atoms with van der Waals surface area (Å²) in [5.74, 6) is -0.298. The first-order chi connectivity index (χ1) is 16.4. The molecule has 0 aliphatic rings. The lowest BCUT2D eigenvalue weighted by Gasteiger charge is -2.32. The molecule has 3 aromatic carbocycles. The molecule has 0 unspecified atom stereocenters. The van der Waals surface area contributed by atoms with E-state index in [9.17, 15) is 9.59 Å². The van der Waals surface area contributed by atoms with Crippen LogP contribution in [0.1, 0.15) is 35.6 Å². The molecule has 2 amide bonds.